The number of aryl methyl sites for hydroxylation is 2. The van der Waals surface area contributed by atoms with Crippen LogP contribution < -0.4 is 4.74 Å². The van der Waals surface area contributed by atoms with Crippen LogP contribution in [0.4, 0.5) is 0 Å². The molecular weight excluding hydrogens is 374 g/mol. The summed E-state index contributed by atoms with van der Waals surface area (Å²) >= 11 is 0. The van der Waals surface area contributed by atoms with Crippen molar-refractivity contribution in [2.24, 2.45) is 11.8 Å². The molecule has 1 aliphatic carbocycles. The number of ether oxygens (including phenoxy) is 1. The highest BCUT2D eigenvalue weighted by Gasteiger charge is 2.42. The lowest BCUT2D eigenvalue weighted by Gasteiger charge is -2.35. The van der Waals surface area contributed by atoms with Crippen LogP contribution in [0.2, 0.25) is 0 Å². The second-order valence-corrected chi connectivity index (χ2v) is 8.96. The van der Waals surface area contributed by atoms with Gasteiger partial charge in [-0.1, -0.05) is 18.2 Å². The maximum absolute atomic E-state index is 10.8. The minimum absolute atomic E-state index is 0.155. The molecule has 1 saturated heterocycles. The summed E-state index contributed by atoms with van der Waals surface area (Å²) in [5.41, 5.74) is 3.23. The molecule has 3 aromatic rings. The minimum Gasteiger partial charge on any atom is -0.486 e. The van der Waals surface area contributed by atoms with Gasteiger partial charge in [0.2, 0.25) is 0 Å². The van der Waals surface area contributed by atoms with Gasteiger partial charge in [0.1, 0.15) is 11.9 Å². The lowest BCUT2D eigenvalue weighted by Crippen LogP contribution is -2.42. The molecule has 1 saturated carbocycles. The summed E-state index contributed by atoms with van der Waals surface area (Å²) in [7, 11) is 0. The third-order valence-electron chi connectivity index (χ3n) is 6.78. The Kier molecular flexibility index (Phi) is 5.17. The number of hydrogen-bond donors (Lipinski definition) is 1. The maximum atomic E-state index is 10.8. The highest BCUT2D eigenvalue weighted by Crippen LogP contribution is 2.39. The zero-order valence-corrected chi connectivity index (χ0v) is 17.7. The number of aliphatic hydroxyl groups excluding tert-OH is 1. The standard InChI is InChI=1S/C25H29N3O2/c1-16-6-7-24(17(2)27-16)30-25-11-21-15-28(14-20(21)10-23(25)29)13-19-5-3-4-18-12-26-9-8-22(18)19/h3-9,12,20-21,23,25,29H,10-11,13-15H2,1-2H3/t20-,21+,23+,25+/m0/s1. The summed E-state index contributed by atoms with van der Waals surface area (Å²) in [5.74, 6) is 1.89. The second-order valence-electron chi connectivity index (χ2n) is 8.96. The second kappa shape index (κ2) is 7.97. The first-order valence-corrected chi connectivity index (χ1v) is 10.9. The Labute approximate surface area is 177 Å². The van der Waals surface area contributed by atoms with Gasteiger partial charge in [-0.25, -0.2) is 0 Å². The lowest BCUT2D eigenvalue weighted by molar-refractivity contribution is -0.0236. The molecule has 1 N–H and O–H groups in total. The molecule has 0 radical (unpaired) electrons. The largest absolute Gasteiger partial charge is 0.486 e. The summed E-state index contributed by atoms with van der Waals surface area (Å²) in [6.07, 6.45) is 4.94. The van der Waals surface area contributed by atoms with Gasteiger partial charge in [0.15, 0.2) is 0 Å². The van der Waals surface area contributed by atoms with Gasteiger partial charge >= 0.3 is 0 Å². The molecule has 30 heavy (non-hydrogen) atoms. The van der Waals surface area contributed by atoms with Crippen molar-refractivity contribution >= 4 is 10.8 Å². The van der Waals surface area contributed by atoms with E-state index in [1.54, 1.807) is 0 Å². The number of aliphatic hydroxyl groups is 1. The molecule has 5 rings (SSSR count). The van der Waals surface area contributed by atoms with Gasteiger partial charge in [-0.05, 0) is 67.7 Å². The third-order valence-corrected chi connectivity index (χ3v) is 6.78. The number of aromatic nitrogens is 2. The highest BCUT2D eigenvalue weighted by molar-refractivity contribution is 5.84. The maximum Gasteiger partial charge on any atom is 0.141 e. The molecule has 1 aromatic carbocycles. The molecule has 3 heterocycles. The quantitative estimate of drug-likeness (QED) is 0.716. The van der Waals surface area contributed by atoms with Crippen molar-refractivity contribution in [2.75, 3.05) is 13.1 Å². The topological polar surface area (TPSA) is 58.5 Å². The zero-order chi connectivity index (χ0) is 20.7. The number of rotatable bonds is 4. The number of pyridine rings is 2. The van der Waals surface area contributed by atoms with Crippen LogP contribution in [0, 0.1) is 25.7 Å². The Morgan fingerprint density at radius 2 is 1.90 bits per heavy atom. The normalized spacial score (nSPS) is 26.6. The van der Waals surface area contributed by atoms with E-state index in [-0.39, 0.29) is 6.10 Å². The van der Waals surface area contributed by atoms with Gasteiger partial charge in [0, 0.05) is 43.1 Å². The molecule has 2 fully saturated rings. The van der Waals surface area contributed by atoms with E-state index in [9.17, 15) is 5.11 Å². The van der Waals surface area contributed by atoms with Gasteiger partial charge in [-0.15, -0.1) is 0 Å². The number of likely N-dealkylation sites (tertiary alicyclic amines) is 1. The fourth-order valence-corrected chi connectivity index (χ4v) is 5.27. The smallest absolute Gasteiger partial charge is 0.141 e. The molecule has 0 amide bonds. The summed E-state index contributed by atoms with van der Waals surface area (Å²) in [5, 5.41) is 13.2. The van der Waals surface area contributed by atoms with Crippen molar-refractivity contribution in [3.63, 3.8) is 0 Å². The fourth-order valence-electron chi connectivity index (χ4n) is 5.27. The summed E-state index contributed by atoms with van der Waals surface area (Å²) in [4.78, 5) is 11.3. The van der Waals surface area contributed by atoms with Crippen molar-refractivity contribution in [3.05, 3.63) is 65.7 Å². The van der Waals surface area contributed by atoms with Crippen LogP contribution in [0.25, 0.3) is 10.8 Å². The first kappa shape index (κ1) is 19.5. The predicted octanol–water partition coefficient (Wildman–Crippen LogP) is 3.90. The van der Waals surface area contributed by atoms with Crippen molar-refractivity contribution in [1.29, 1.82) is 0 Å². The van der Waals surface area contributed by atoms with Crippen LogP contribution in [0.1, 0.15) is 29.8 Å². The van der Waals surface area contributed by atoms with Crippen LogP contribution >= 0.6 is 0 Å². The van der Waals surface area contributed by atoms with Gasteiger partial charge in [0.25, 0.3) is 0 Å². The number of nitrogens with zero attached hydrogens (tertiary/aromatic N) is 3. The van der Waals surface area contributed by atoms with Crippen molar-refractivity contribution in [1.82, 2.24) is 14.9 Å². The van der Waals surface area contributed by atoms with Crippen LogP contribution in [-0.2, 0) is 6.54 Å². The molecule has 2 aromatic heterocycles. The number of hydrogen-bond acceptors (Lipinski definition) is 5. The molecule has 1 aliphatic heterocycles. The van der Waals surface area contributed by atoms with Crippen LogP contribution in [-0.4, -0.2) is 45.3 Å². The molecule has 2 aliphatic rings. The molecule has 4 atom stereocenters. The Bertz CT molecular complexity index is 1050. The Morgan fingerprint density at radius 1 is 1.07 bits per heavy atom. The van der Waals surface area contributed by atoms with Gasteiger partial charge in [-0.3, -0.25) is 14.9 Å². The SMILES string of the molecule is Cc1ccc(O[C@@H]2C[C@@H]3CN(Cc4cccc5cnccc45)C[C@@H]3C[C@H]2O)c(C)n1. The molecular formula is C25H29N3O2. The van der Waals surface area contributed by atoms with Gasteiger partial charge in [0.05, 0.1) is 11.8 Å². The van der Waals surface area contributed by atoms with E-state index in [1.807, 2.05) is 38.4 Å². The Morgan fingerprint density at radius 3 is 2.73 bits per heavy atom. The number of fused-ring (bicyclic) bond motifs is 2. The van der Waals surface area contributed by atoms with Crippen LogP contribution in [0.15, 0.2) is 48.8 Å². The van der Waals surface area contributed by atoms with Crippen LogP contribution in [0.5, 0.6) is 5.75 Å². The molecule has 5 nitrogen and oxygen atoms in total. The van der Waals surface area contributed by atoms with Gasteiger partial charge in [-0.2, -0.15) is 0 Å². The minimum atomic E-state index is -0.421. The van der Waals surface area contributed by atoms with E-state index in [0.717, 1.165) is 49.6 Å². The molecule has 5 heteroatoms. The molecule has 156 valence electrons. The van der Waals surface area contributed by atoms with Crippen molar-refractivity contribution in [2.45, 2.75) is 45.4 Å². The van der Waals surface area contributed by atoms with Crippen molar-refractivity contribution < 1.29 is 9.84 Å². The molecule has 0 bridgehead atoms. The zero-order valence-electron chi connectivity index (χ0n) is 17.7. The van der Waals surface area contributed by atoms with E-state index in [0.29, 0.717) is 11.8 Å². The van der Waals surface area contributed by atoms with E-state index in [2.05, 4.69) is 39.1 Å². The van der Waals surface area contributed by atoms with E-state index < -0.39 is 6.10 Å². The third kappa shape index (κ3) is 3.80. The van der Waals surface area contributed by atoms with Gasteiger partial charge < -0.3 is 9.84 Å². The molecule has 0 spiro atoms. The first-order chi connectivity index (χ1) is 14.6. The Balaban J connectivity index is 1.27. The fraction of sp³-hybridized carbons (Fsp3) is 0.440. The van der Waals surface area contributed by atoms with E-state index in [1.165, 1.54) is 16.3 Å². The average Bonchev–Trinajstić information content (AvgIpc) is 3.11. The average molecular weight is 404 g/mol. The predicted molar refractivity (Wildman–Crippen MR) is 117 cm³/mol. The van der Waals surface area contributed by atoms with Crippen molar-refractivity contribution in [3.8, 4) is 5.75 Å². The van der Waals surface area contributed by atoms with E-state index in [4.69, 9.17) is 4.74 Å². The van der Waals surface area contributed by atoms with Crippen LogP contribution in [0.3, 0.4) is 0 Å². The summed E-state index contributed by atoms with van der Waals surface area (Å²) in [6.45, 7) is 7.00. The summed E-state index contributed by atoms with van der Waals surface area (Å²) < 4.78 is 6.23. The molecule has 0 unspecified atom stereocenters. The van der Waals surface area contributed by atoms with E-state index >= 15 is 0 Å². The monoisotopic (exact) mass is 403 g/mol. The lowest BCUT2D eigenvalue weighted by atomic mass is 9.78. The Hall–Kier alpha value is -2.50. The highest BCUT2D eigenvalue weighted by atomic mass is 16.5. The first-order valence-electron chi connectivity index (χ1n) is 10.9. The number of benzene rings is 1. The summed E-state index contributed by atoms with van der Waals surface area (Å²) in [6, 6.07) is 12.5.